The smallest absolute Gasteiger partial charge is 0.429 e. The molecule has 3 nitrogen and oxygen atoms in total. The zero-order valence-electron chi connectivity index (χ0n) is 17.2. The van der Waals surface area contributed by atoms with Crippen molar-refractivity contribution >= 4 is 17.2 Å². The lowest BCUT2D eigenvalue weighted by atomic mass is 9.85. The summed E-state index contributed by atoms with van der Waals surface area (Å²) in [5.41, 5.74) is -0.935. The first-order valence-electron chi connectivity index (χ1n) is 10.3. The average Bonchev–Trinajstić information content (AvgIpc) is 2.77. The summed E-state index contributed by atoms with van der Waals surface area (Å²) in [7, 11) is 0. The van der Waals surface area contributed by atoms with Crippen molar-refractivity contribution in [1.29, 1.82) is 0 Å². The third-order valence-electron chi connectivity index (χ3n) is 5.60. The first-order valence-corrected chi connectivity index (χ1v) is 10.7. The van der Waals surface area contributed by atoms with Gasteiger partial charge in [0.15, 0.2) is 6.29 Å². The minimum Gasteiger partial charge on any atom is -0.429 e. The van der Waals surface area contributed by atoms with E-state index in [-0.39, 0.29) is 17.8 Å². The first-order chi connectivity index (χ1) is 15.7. The van der Waals surface area contributed by atoms with Crippen LogP contribution in [0.3, 0.4) is 0 Å². The first kappa shape index (κ1) is 23.9. The van der Waals surface area contributed by atoms with Gasteiger partial charge in [-0.1, -0.05) is 17.7 Å². The van der Waals surface area contributed by atoms with Gasteiger partial charge < -0.3 is 14.2 Å². The van der Waals surface area contributed by atoms with Crippen LogP contribution in [0.25, 0.3) is 5.57 Å². The third kappa shape index (κ3) is 5.15. The van der Waals surface area contributed by atoms with Crippen LogP contribution in [0, 0.1) is 29.2 Å². The fourth-order valence-electron chi connectivity index (χ4n) is 3.97. The highest BCUT2D eigenvalue weighted by Gasteiger charge is 2.41. The highest BCUT2D eigenvalue weighted by Crippen LogP contribution is 2.39. The molecule has 1 fully saturated rings. The van der Waals surface area contributed by atoms with Gasteiger partial charge in [0.25, 0.3) is 0 Å². The molecule has 2 aromatic rings. The minimum absolute atomic E-state index is 0.0981. The number of halogens is 7. The van der Waals surface area contributed by atoms with Crippen molar-refractivity contribution in [2.75, 3.05) is 13.2 Å². The Hall–Kier alpha value is -2.23. The van der Waals surface area contributed by atoms with Gasteiger partial charge in [-0.15, -0.1) is 0 Å². The second-order valence-electron chi connectivity index (χ2n) is 7.86. The predicted octanol–water partition coefficient (Wildman–Crippen LogP) is 6.97. The van der Waals surface area contributed by atoms with E-state index < -0.39 is 45.7 Å². The third-order valence-corrected chi connectivity index (χ3v) is 5.96. The molecule has 0 aromatic heterocycles. The largest absolute Gasteiger partial charge is 0.432 e. The second-order valence-corrected chi connectivity index (χ2v) is 8.24. The van der Waals surface area contributed by atoms with Crippen molar-refractivity contribution < 1.29 is 40.6 Å². The van der Waals surface area contributed by atoms with Crippen LogP contribution < -0.4 is 4.74 Å². The molecular weight excluding hydrogens is 474 g/mol. The Morgan fingerprint density at radius 3 is 2.06 bits per heavy atom. The number of alkyl halides is 2. The van der Waals surface area contributed by atoms with Gasteiger partial charge in [-0.25, -0.2) is 17.6 Å². The summed E-state index contributed by atoms with van der Waals surface area (Å²) in [4.78, 5) is 0. The highest BCUT2D eigenvalue weighted by atomic mass is 35.5. The van der Waals surface area contributed by atoms with Gasteiger partial charge in [0.1, 0.15) is 39.6 Å². The molecule has 33 heavy (non-hydrogen) atoms. The van der Waals surface area contributed by atoms with Crippen molar-refractivity contribution in [3.63, 3.8) is 0 Å². The Morgan fingerprint density at radius 1 is 0.909 bits per heavy atom. The molecule has 1 aliphatic heterocycles. The summed E-state index contributed by atoms with van der Waals surface area (Å²) >= 11 is 5.30. The van der Waals surface area contributed by atoms with Crippen LogP contribution >= 0.6 is 11.6 Å². The molecule has 1 unspecified atom stereocenters. The van der Waals surface area contributed by atoms with Crippen molar-refractivity contribution in [2.24, 2.45) is 5.92 Å². The molecule has 1 heterocycles. The Kier molecular flexibility index (Phi) is 6.93. The Labute approximate surface area is 190 Å². The van der Waals surface area contributed by atoms with Gasteiger partial charge in [-0.05, 0) is 49.0 Å². The fourth-order valence-corrected chi connectivity index (χ4v) is 4.08. The zero-order chi connectivity index (χ0) is 23.8. The maximum Gasteiger partial charge on any atom is 0.432 e. The van der Waals surface area contributed by atoms with Gasteiger partial charge in [0, 0.05) is 18.1 Å². The molecule has 178 valence electrons. The van der Waals surface area contributed by atoms with E-state index in [9.17, 15) is 26.3 Å². The van der Waals surface area contributed by atoms with Crippen molar-refractivity contribution in [1.82, 2.24) is 0 Å². The normalized spacial score (nSPS) is 20.0. The number of hydrogen-bond acceptors (Lipinski definition) is 3. The molecule has 0 radical (unpaired) electrons. The maximum absolute atomic E-state index is 14.6. The standard InChI is InChI=1S/C23H19ClF6O3/c24-21-18(27)10-15(11-19(21)28)33-23(29,30)20-16(25)8-14(9-17(20)26)12-2-4-13(5-3-12)22-31-6-1-7-32-22/h2,8-11,13,22H,1,3-7H2. The summed E-state index contributed by atoms with van der Waals surface area (Å²) in [6.07, 6.45) is -0.593. The topological polar surface area (TPSA) is 27.7 Å². The molecule has 0 spiro atoms. The van der Waals surface area contributed by atoms with E-state index in [1.807, 2.05) is 0 Å². The molecule has 4 rings (SSSR count). The summed E-state index contributed by atoms with van der Waals surface area (Å²) in [5, 5.41) is -0.919. The Balaban J connectivity index is 1.54. The van der Waals surface area contributed by atoms with Crippen LogP contribution in [0.5, 0.6) is 5.75 Å². The van der Waals surface area contributed by atoms with Crippen LogP contribution in [-0.2, 0) is 15.6 Å². The second kappa shape index (κ2) is 9.56. The maximum atomic E-state index is 14.6. The lowest BCUT2D eigenvalue weighted by molar-refractivity contribution is -0.205. The average molecular weight is 493 g/mol. The highest BCUT2D eigenvalue weighted by molar-refractivity contribution is 6.30. The minimum atomic E-state index is -4.54. The molecular formula is C23H19ClF6O3. The molecule has 0 amide bonds. The van der Waals surface area contributed by atoms with Crippen LogP contribution in [0.4, 0.5) is 26.3 Å². The SMILES string of the molecule is Fc1cc(OC(F)(F)c2c(F)cc(C3=CCC(C4OCCCO4)CC3)cc2F)cc(F)c1Cl. The molecule has 0 bridgehead atoms. The van der Waals surface area contributed by atoms with Gasteiger partial charge in [-0.3, -0.25) is 0 Å². The summed E-state index contributed by atoms with van der Waals surface area (Å²) in [5.74, 6) is -6.69. The molecule has 0 saturated carbocycles. The number of rotatable bonds is 5. The Bertz CT molecular complexity index is 1020. The van der Waals surface area contributed by atoms with E-state index >= 15 is 0 Å². The lowest BCUT2D eigenvalue weighted by Crippen LogP contribution is -2.33. The monoisotopic (exact) mass is 492 g/mol. The van der Waals surface area contributed by atoms with Crippen molar-refractivity contribution in [2.45, 2.75) is 38.1 Å². The number of allylic oxidation sites excluding steroid dienone is 2. The van der Waals surface area contributed by atoms with Crippen LogP contribution in [0.15, 0.2) is 30.3 Å². The predicted molar refractivity (Wildman–Crippen MR) is 108 cm³/mol. The summed E-state index contributed by atoms with van der Waals surface area (Å²) < 4.78 is 101. The lowest BCUT2D eigenvalue weighted by Gasteiger charge is -2.32. The number of benzene rings is 2. The van der Waals surface area contributed by atoms with Crippen molar-refractivity contribution in [3.8, 4) is 5.75 Å². The molecule has 1 aliphatic carbocycles. The Morgan fingerprint density at radius 2 is 1.52 bits per heavy atom. The van der Waals surface area contributed by atoms with Crippen molar-refractivity contribution in [3.05, 3.63) is 69.8 Å². The van der Waals surface area contributed by atoms with E-state index in [1.165, 1.54) is 0 Å². The molecule has 10 heteroatoms. The van der Waals surface area contributed by atoms with E-state index in [1.54, 1.807) is 6.08 Å². The van der Waals surface area contributed by atoms with E-state index in [0.717, 1.165) is 18.6 Å². The van der Waals surface area contributed by atoms with Crippen LogP contribution in [0.2, 0.25) is 5.02 Å². The van der Waals surface area contributed by atoms with Crippen LogP contribution in [0.1, 0.15) is 36.8 Å². The molecule has 2 aliphatic rings. The van der Waals surface area contributed by atoms with Gasteiger partial charge in [-0.2, -0.15) is 8.78 Å². The fraction of sp³-hybridized carbons (Fsp3) is 0.391. The quantitative estimate of drug-likeness (QED) is 0.333. The number of hydrogen-bond donors (Lipinski definition) is 0. The molecule has 1 saturated heterocycles. The van der Waals surface area contributed by atoms with Gasteiger partial charge in [0.2, 0.25) is 0 Å². The summed E-state index contributed by atoms with van der Waals surface area (Å²) in [6, 6.07) is 2.37. The van der Waals surface area contributed by atoms with Crippen LogP contribution in [-0.4, -0.2) is 19.5 Å². The van der Waals surface area contributed by atoms with Gasteiger partial charge in [0.05, 0.1) is 13.2 Å². The molecule has 1 atom stereocenters. The van der Waals surface area contributed by atoms with E-state index in [0.29, 0.717) is 50.2 Å². The zero-order valence-corrected chi connectivity index (χ0v) is 17.9. The van der Waals surface area contributed by atoms with E-state index in [4.69, 9.17) is 21.1 Å². The van der Waals surface area contributed by atoms with E-state index in [2.05, 4.69) is 4.74 Å². The number of ether oxygens (including phenoxy) is 3. The summed E-state index contributed by atoms with van der Waals surface area (Å²) in [6.45, 7) is 1.22. The molecule has 2 aromatic carbocycles. The van der Waals surface area contributed by atoms with Gasteiger partial charge >= 0.3 is 6.11 Å². The molecule has 0 N–H and O–H groups in total.